The Bertz CT molecular complexity index is 1880. The molecule has 0 radical (unpaired) electrons. The van der Waals surface area contributed by atoms with Crippen LogP contribution in [0.2, 0.25) is 0 Å². The van der Waals surface area contributed by atoms with Gasteiger partial charge in [0.1, 0.15) is 29.1 Å². The molecule has 0 saturated carbocycles. The normalized spacial score (nSPS) is 14.8. The molecule has 1 aliphatic rings. The fourth-order valence-corrected chi connectivity index (χ4v) is 5.71. The zero-order valence-electron chi connectivity index (χ0n) is 22.6. The number of nitro groups is 1. The number of rotatable bonds is 8. The van der Waals surface area contributed by atoms with Gasteiger partial charge in [0.15, 0.2) is 4.80 Å². The molecule has 0 aliphatic carbocycles. The number of carbonyl (C=O) groups excluding carboxylic acids is 1. The summed E-state index contributed by atoms with van der Waals surface area (Å²) < 4.78 is 24.0. The van der Waals surface area contributed by atoms with E-state index in [0.29, 0.717) is 38.9 Å². The lowest BCUT2D eigenvalue weighted by Crippen LogP contribution is -2.40. The van der Waals surface area contributed by atoms with Crippen molar-refractivity contribution in [2.45, 2.75) is 19.9 Å². The van der Waals surface area contributed by atoms with Gasteiger partial charge in [0.25, 0.3) is 11.2 Å². The molecule has 0 spiro atoms. The number of aromatic nitrogens is 1. The van der Waals surface area contributed by atoms with E-state index in [1.165, 1.54) is 24.9 Å². The molecule has 0 unspecified atom stereocenters. The minimum Gasteiger partial charge on any atom is -0.497 e. The second-order valence-corrected chi connectivity index (χ2v) is 9.90. The van der Waals surface area contributed by atoms with Crippen LogP contribution in [0.5, 0.6) is 11.5 Å². The van der Waals surface area contributed by atoms with Gasteiger partial charge in [-0.2, -0.15) is 0 Å². The highest BCUT2D eigenvalue weighted by Crippen LogP contribution is 2.38. The molecule has 41 heavy (non-hydrogen) atoms. The summed E-state index contributed by atoms with van der Waals surface area (Å²) >= 11 is 1.12. The molecule has 0 amide bonds. The molecule has 4 aromatic rings. The summed E-state index contributed by atoms with van der Waals surface area (Å²) in [6.45, 7) is 3.53. The smallest absolute Gasteiger partial charge is 0.338 e. The van der Waals surface area contributed by atoms with E-state index in [2.05, 4.69) is 4.99 Å². The number of thiazole rings is 1. The SMILES string of the molecule is CCOC(=O)C1=C(C)N=c2s/c(=C\c3ccc(-c4ccccc4[N+](=O)[O-])o3)c(=O)n2[C@@H]1c1cc(OC)ccc1OC. The van der Waals surface area contributed by atoms with Crippen LogP contribution in [0.15, 0.2) is 80.1 Å². The monoisotopic (exact) mass is 575 g/mol. The first-order valence-electron chi connectivity index (χ1n) is 12.5. The summed E-state index contributed by atoms with van der Waals surface area (Å²) in [6.07, 6.45) is 1.55. The topological polar surface area (TPSA) is 135 Å². The second-order valence-electron chi connectivity index (χ2n) is 8.89. The van der Waals surface area contributed by atoms with Gasteiger partial charge in [0.05, 0.1) is 47.1 Å². The third-order valence-corrected chi connectivity index (χ3v) is 7.50. The highest BCUT2D eigenvalue weighted by atomic mass is 32.1. The minimum atomic E-state index is -0.906. The van der Waals surface area contributed by atoms with E-state index in [-0.39, 0.29) is 28.2 Å². The van der Waals surface area contributed by atoms with Gasteiger partial charge in [-0.25, -0.2) is 9.79 Å². The predicted octanol–water partition coefficient (Wildman–Crippen LogP) is 3.98. The molecule has 1 aliphatic heterocycles. The van der Waals surface area contributed by atoms with Crippen molar-refractivity contribution in [3.05, 3.63) is 107 Å². The quantitative estimate of drug-likeness (QED) is 0.175. The number of nitrogens with zero attached hydrogens (tertiary/aromatic N) is 3. The molecule has 2 aromatic carbocycles. The van der Waals surface area contributed by atoms with Crippen LogP contribution in [0, 0.1) is 10.1 Å². The molecule has 11 nitrogen and oxygen atoms in total. The van der Waals surface area contributed by atoms with Crippen LogP contribution < -0.4 is 24.4 Å². The first-order chi connectivity index (χ1) is 19.8. The van der Waals surface area contributed by atoms with Crippen molar-refractivity contribution in [3.8, 4) is 22.8 Å². The van der Waals surface area contributed by atoms with E-state index in [9.17, 15) is 19.7 Å². The molecular weight excluding hydrogens is 550 g/mol. The third-order valence-electron chi connectivity index (χ3n) is 6.51. The van der Waals surface area contributed by atoms with Crippen LogP contribution in [-0.2, 0) is 9.53 Å². The van der Waals surface area contributed by atoms with Crippen LogP contribution in [0.4, 0.5) is 5.69 Å². The average molecular weight is 576 g/mol. The zero-order chi connectivity index (χ0) is 29.3. The van der Waals surface area contributed by atoms with E-state index in [1.54, 1.807) is 68.5 Å². The summed E-state index contributed by atoms with van der Waals surface area (Å²) in [5.74, 6) is 0.968. The molecule has 0 N–H and O–H groups in total. The minimum absolute atomic E-state index is 0.0954. The number of carbonyl (C=O) groups is 1. The maximum Gasteiger partial charge on any atom is 0.338 e. The number of fused-ring (bicyclic) bond motifs is 1. The van der Waals surface area contributed by atoms with Crippen molar-refractivity contribution in [3.63, 3.8) is 0 Å². The third kappa shape index (κ3) is 5.05. The Morgan fingerprint density at radius 1 is 1.17 bits per heavy atom. The molecule has 210 valence electrons. The van der Waals surface area contributed by atoms with Crippen LogP contribution >= 0.6 is 11.3 Å². The molecule has 0 saturated heterocycles. The first kappa shape index (κ1) is 27.6. The number of benzene rings is 2. The number of allylic oxidation sites excluding steroid dienone is 1. The number of furan rings is 1. The number of esters is 1. The molecule has 5 rings (SSSR count). The van der Waals surface area contributed by atoms with Gasteiger partial charge in [0.2, 0.25) is 0 Å². The second kappa shape index (κ2) is 11.3. The van der Waals surface area contributed by atoms with Crippen molar-refractivity contribution in [1.82, 2.24) is 4.57 Å². The van der Waals surface area contributed by atoms with Crippen molar-refractivity contribution in [2.24, 2.45) is 4.99 Å². The standard InChI is InChI=1S/C29H25N3O8S/c1-5-39-28(34)25-16(2)30-29-31(26(25)20-14-17(37-3)10-12-22(20)38-4)27(33)24(41-29)15-18-11-13-23(40-18)19-8-6-7-9-21(19)32(35)36/h6-15,26H,5H2,1-4H3/b24-15-/t26-/m1/s1. The van der Waals surface area contributed by atoms with Crippen molar-refractivity contribution >= 4 is 29.1 Å². The number of methoxy groups -OCH3 is 2. The number of ether oxygens (including phenoxy) is 3. The maximum atomic E-state index is 13.9. The summed E-state index contributed by atoms with van der Waals surface area (Å²) in [7, 11) is 3.02. The molecule has 3 heterocycles. The average Bonchev–Trinajstić information content (AvgIpc) is 3.56. The van der Waals surface area contributed by atoms with Crippen LogP contribution in [0.1, 0.15) is 31.2 Å². The highest BCUT2D eigenvalue weighted by Gasteiger charge is 2.35. The number of hydrogen-bond donors (Lipinski definition) is 0. The van der Waals surface area contributed by atoms with Crippen LogP contribution in [0.25, 0.3) is 17.4 Å². The molecule has 0 bridgehead atoms. The van der Waals surface area contributed by atoms with E-state index in [4.69, 9.17) is 18.6 Å². The summed E-state index contributed by atoms with van der Waals surface area (Å²) in [5, 5.41) is 11.5. The van der Waals surface area contributed by atoms with E-state index < -0.39 is 22.5 Å². The lowest BCUT2D eigenvalue weighted by Gasteiger charge is -2.26. The Hall–Kier alpha value is -4.97. The molecule has 0 fully saturated rings. The van der Waals surface area contributed by atoms with Gasteiger partial charge < -0.3 is 18.6 Å². The fraction of sp³-hybridized carbons (Fsp3) is 0.207. The predicted molar refractivity (Wildman–Crippen MR) is 151 cm³/mol. The summed E-state index contributed by atoms with van der Waals surface area (Å²) in [4.78, 5) is 43.0. The molecule has 2 aromatic heterocycles. The number of hydrogen-bond acceptors (Lipinski definition) is 10. The molecule has 12 heteroatoms. The van der Waals surface area contributed by atoms with Crippen molar-refractivity contribution in [2.75, 3.05) is 20.8 Å². The lowest BCUT2D eigenvalue weighted by atomic mass is 9.95. The molecular formula is C29H25N3O8S. The van der Waals surface area contributed by atoms with Crippen LogP contribution in [-0.4, -0.2) is 36.3 Å². The van der Waals surface area contributed by atoms with Gasteiger partial charge >= 0.3 is 5.97 Å². The Balaban J connectivity index is 1.69. The van der Waals surface area contributed by atoms with Gasteiger partial charge in [-0.1, -0.05) is 23.5 Å². The van der Waals surface area contributed by atoms with E-state index in [1.807, 2.05) is 0 Å². The van der Waals surface area contributed by atoms with E-state index >= 15 is 0 Å². The Labute approximate surface area is 237 Å². The van der Waals surface area contributed by atoms with Gasteiger partial charge in [0, 0.05) is 17.7 Å². The van der Waals surface area contributed by atoms with Crippen molar-refractivity contribution in [1.29, 1.82) is 0 Å². The number of para-hydroxylation sites is 1. The lowest BCUT2D eigenvalue weighted by molar-refractivity contribution is -0.384. The largest absolute Gasteiger partial charge is 0.497 e. The summed E-state index contributed by atoms with van der Waals surface area (Å²) in [6, 6.07) is 13.7. The number of nitro benzene ring substituents is 1. The van der Waals surface area contributed by atoms with Gasteiger partial charge in [-0.15, -0.1) is 0 Å². The van der Waals surface area contributed by atoms with E-state index in [0.717, 1.165) is 11.3 Å². The highest BCUT2D eigenvalue weighted by molar-refractivity contribution is 7.07. The Kier molecular flexibility index (Phi) is 7.58. The first-order valence-corrected chi connectivity index (χ1v) is 13.3. The Morgan fingerprint density at radius 2 is 1.95 bits per heavy atom. The maximum absolute atomic E-state index is 13.9. The van der Waals surface area contributed by atoms with Crippen molar-refractivity contribution < 1.29 is 28.3 Å². The Morgan fingerprint density at radius 3 is 2.66 bits per heavy atom. The fourth-order valence-electron chi connectivity index (χ4n) is 4.68. The summed E-state index contributed by atoms with van der Waals surface area (Å²) in [5.41, 5.74) is 0.937. The van der Waals surface area contributed by atoms with Crippen LogP contribution in [0.3, 0.4) is 0 Å². The zero-order valence-corrected chi connectivity index (χ0v) is 23.4. The van der Waals surface area contributed by atoms with Gasteiger partial charge in [-0.3, -0.25) is 19.5 Å². The molecule has 1 atom stereocenters. The van der Waals surface area contributed by atoms with Gasteiger partial charge in [-0.05, 0) is 50.2 Å².